The number of carbonyl (C=O) groups is 1. The van der Waals surface area contributed by atoms with Gasteiger partial charge in [0.2, 0.25) is 0 Å². The normalized spacial score (nSPS) is 13.0. The summed E-state index contributed by atoms with van der Waals surface area (Å²) in [6.07, 6.45) is 3.54. The smallest absolute Gasteiger partial charge is 0.325 e. The van der Waals surface area contributed by atoms with E-state index in [-0.39, 0.29) is 0 Å². The molecule has 0 radical (unpaired) electrons. The average molecular weight is 214 g/mol. The number of aryl methyl sites for hydroxylation is 2. The van der Waals surface area contributed by atoms with Crippen molar-refractivity contribution in [3.63, 3.8) is 0 Å². The zero-order chi connectivity index (χ0) is 11.5. The molecule has 0 atom stereocenters. The number of nitrogens with zero attached hydrogens (tertiary/aromatic N) is 2. The molecule has 0 heterocycles. The maximum absolute atomic E-state index is 11.1. The Labute approximate surface area is 95.3 Å². The van der Waals surface area contributed by atoms with Gasteiger partial charge in [-0.15, -0.1) is 0 Å². The van der Waals surface area contributed by atoms with E-state index in [1.165, 1.54) is 28.9 Å². The van der Waals surface area contributed by atoms with Gasteiger partial charge in [0.1, 0.15) is 0 Å². The number of nitriles is 1. The quantitative estimate of drug-likeness (QED) is 0.703. The predicted molar refractivity (Wildman–Crippen MR) is 60.6 cm³/mol. The molecular formula is C13H14N2O. The van der Waals surface area contributed by atoms with Crippen molar-refractivity contribution in [1.29, 1.82) is 5.26 Å². The Balaban J connectivity index is 2.11. The summed E-state index contributed by atoms with van der Waals surface area (Å²) in [5.41, 5.74) is 3.93. The summed E-state index contributed by atoms with van der Waals surface area (Å²) in [7, 11) is 1.65. The van der Waals surface area contributed by atoms with E-state index in [2.05, 4.69) is 12.1 Å². The van der Waals surface area contributed by atoms with Gasteiger partial charge in [0.15, 0.2) is 6.07 Å². The van der Waals surface area contributed by atoms with Gasteiger partial charge in [-0.05, 0) is 36.0 Å². The number of rotatable bonds is 2. The lowest BCUT2D eigenvalue weighted by atomic mass is 10.1. The van der Waals surface area contributed by atoms with Crippen LogP contribution in [0.2, 0.25) is 0 Å². The lowest BCUT2D eigenvalue weighted by molar-refractivity contribution is -0.124. The molecule has 1 amide bonds. The van der Waals surface area contributed by atoms with Gasteiger partial charge in [0, 0.05) is 13.6 Å². The third-order valence-electron chi connectivity index (χ3n) is 3.02. The second-order valence-electron chi connectivity index (χ2n) is 4.23. The summed E-state index contributed by atoms with van der Waals surface area (Å²) >= 11 is 0. The highest BCUT2D eigenvalue weighted by Gasteiger charge is 2.12. The molecule has 1 aliphatic carbocycles. The van der Waals surface area contributed by atoms with Crippen LogP contribution in [0.1, 0.15) is 23.1 Å². The van der Waals surface area contributed by atoms with Gasteiger partial charge in [0.05, 0.1) is 0 Å². The first kappa shape index (κ1) is 10.7. The molecule has 1 aromatic carbocycles. The van der Waals surface area contributed by atoms with E-state index in [0.29, 0.717) is 6.54 Å². The number of carbonyl (C=O) groups excluding carboxylic acids is 1. The van der Waals surface area contributed by atoms with E-state index in [9.17, 15) is 4.79 Å². The number of fused-ring (bicyclic) bond motifs is 1. The van der Waals surface area contributed by atoms with Crippen LogP contribution in [0.15, 0.2) is 18.2 Å². The Morgan fingerprint density at radius 1 is 1.44 bits per heavy atom. The molecule has 3 heteroatoms. The molecule has 82 valence electrons. The van der Waals surface area contributed by atoms with Crippen molar-refractivity contribution < 1.29 is 4.79 Å². The predicted octanol–water partition coefficient (Wildman–Crippen LogP) is 1.66. The average Bonchev–Trinajstić information content (AvgIpc) is 2.75. The molecule has 0 saturated carbocycles. The summed E-state index contributed by atoms with van der Waals surface area (Å²) in [6, 6.07) is 7.97. The van der Waals surface area contributed by atoms with Crippen LogP contribution >= 0.6 is 0 Å². The Morgan fingerprint density at radius 2 is 2.19 bits per heavy atom. The highest BCUT2D eigenvalue weighted by Crippen LogP contribution is 2.23. The second-order valence-corrected chi connectivity index (χ2v) is 4.23. The topological polar surface area (TPSA) is 44.1 Å². The van der Waals surface area contributed by atoms with Crippen LogP contribution in [-0.2, 0) is 24.2 Å². The molecule has 0 aromatic heterocycles. The molecule has 0 bridgehead atoms. The van der Waals surface area contributed by atoms with Gasteiger partial charge in [0.25, 0.3) is 0 Å². The third kappa shape index (κ3) is 2.06. The summed E-state index contributed by atoms with van der Waals surface area (Å²) in [5, 5.41) is 8.50. The summed E-state index contributed by atoms with van der Waals surface area (Å²) < 4.78 is 0. The van der Waals surface area contributed by atoms with Crippen molar-refractivity contribution in [2.45, 2.75) is 25.8 Å². The molecule has 0 fully saturated rings. The van der Waals surface area contributed by atoms with Crippen molar-refractivity contribution in [3.05, 3.63) is 34.9 Å². The van der Waals surface area contributed by atoms with Crippen LogP contribution < -0.4 is 0 Å². The third-order valence-corrected chi connectivity index (χ3v) is 3.02. The van der Waals surface area contributed by atoms with E-state index in [4.69, 9.17) is 5.26 Å². The fraction of sp³-hybridized carbons (Fsp3) is 0.385. The van der Waals surface area contributed by atoms with E-state index in [0.717, 1.165) is 12.0 Å². The Morgan fingerprint density at radius 3 is 2.94 bits per heavy atom. The maximum atomic E-state index is 11.1. The van der Waals surface area contributed by atoms with Gasteiger partial charge in [-0.25, -0.2) is 0 Å². The first-order chi connectivity index (χ1) is 7.70. The minimum absolute atomic E-state index is 0.486. The van der Waals surface area contributed by atoms with Crippen LogP contribution in [0, 0.1) is 11.3 Å². The van der Waals surface area contributed by atoms with Gasteiger partial charge in [-0.1, -0.05) is 18.2 Å². The zero-order valence-corrected chi connectivity index (χ0v) is 9.36. The fourth-order valence-corrected chi connectivity index (χ4v) is 2.15. The summed E-state index contributed by atoms with van der Waals surface area (Å²) in [5.74, 6) is -0.486. The van der Waals surface area contributed by atoms with Crippen LogP contribution in [-0.4, -0.2) is 17.9 Å². The minimum atomic E-state index is -0.486. The summed E-state index contributed by atoms with van der Waals surface area (Å²) in [4.78, 5) is 12.6. The molecule has 3 nitrogen and oxygen atoms in total. The van der Waals surface area contributed by atoms with Crippen LogP contribution in [0.25, 0.3) is 0 Å². The molecule has 1 aliphatic rings. The Bertz CT molecular complexity index is 459. The van der Waals surface area contributed by atoms with Gasteiger partial charge >= 0.3 is 5.91 Å². The van der Waals surface area contributed by atoms with E-state index in [1.54, 1.807) is 13.1 Å². The highest BCUT2D eigenvalue weighted by molar-refractivity contribution is 5.90. The van der Waals surface area contributed by atoms with Crippen molar-refractivity contribution in [3.8, 4) is 6.07 Å². The molecule has 0 aliphatic heterocycles. The minimum Gasteiger partial charge on any atom is -0.329 e. The summed E-state index contributed by atoms with van der Waals surface area (Å²) in [6.45, 7) is 0.514. The molecular weight excluding hydrogens is 200 g/mol. The van der Waals surface area contributed by atoms with Crippen molar-refractivity contribution in [2.24, 2.45) is 0 Å². The largest absolute Gasteiger partial charge is 0.329 e. The van der Waals surface area contributed by atoms with Crippen molar-refractivity contribution in [2.75, 3.05) is 7.05 Å². The lowest BCUT2D eigenvalue weighted by Gasteiger charge is -2.13. The zero-order valence-electron chi connectivity index (χ0n) is 9.36. The van der Waals surface area contributed by atoms with Crippen LogP contribution in [0.4, 0.5) is 0 Å². The van der Waals surface area contributed by atoms with Gasteiger partial charge in [-0.2, -0.15) is 5.26 Å². The lowest BCUT2D eigenvalue weighted by Crippen LogP contribution is -2.24. The second kappa shape index (κ2) is 4.36. The molecule has 0 spiro atoms. The van der Waals surface area contributed by atoms with E-state index < -0.39 is 5.91 Å². The number of benzene rings is 1. The van der Waals surface area contributed by atoms with Crippen molar-refractivity contribution >= 4 is 5.91 Å². The van der Waals surface area contributed by atoms with E-state index in [1.807, 2.05) is 6.07 Å². The first-order valence-electron chi connectivity index (χ1n) is 5.46. The van der Waals surface area contributed by atoms with Crippen molar-refractivity contribution in [1.82, 2.24) is 4.90 Å². The first-order valence-corrected chi connectivity index (χ1v) is 5.46. The SMILES string of the molecule is CN(Cc1ccc2c(c1)CCC2)C(=O)C#N. The number of hydrogen-bond acceptors (Lipinski definition) is 2. The molecule has 16 heavy (non-hydrogen) atoms. The number of amides is 1. The molecule has 2 rings (SSSR count). The molecule has 0 saturated heterocycles. The molecule has 0 unspecified atom stereocenters. The molecule has 0 N–H and O–H groups in total. The Kier molecular flexibility index (Phi) is 2.91. The fourth-order valence-electron chi connectivity index (χ4n) is 2.15. The number of hydrogen-bond donors (Lipinski definition) is 0. The van der Waals surface area contributed by atoms with Gasteiger partial charge in [-0.3, -0.25) is 4.79 Å². The highest BCUT2D eigenvalue weighted by atomic mass is 16.2. The Hall–Kier alpha value is -1.82. The monoisotopic (exact) mass is 214 g/mol. The van der Waals surface area contributed by atoms with Gasteiger partial charge < -0.3 is 4.90 Å². The molecule has 1 aromatic rings. The maximum Gasteiger partial charge on any atom is 0.325 e. The standard InChI is InChI=1S/C13H14N2O/c1-15(13(16)8-14)9-10-5-6-11-3-2-4-12(11)7-10/h5-7H,2-4,9H2,1H3. The van der Waals surface area contributed by atoms with Crippen LogP contribution in [0.5, 0.6) is 0 Å². The van der Waals surface area contributed by atoms with E-state index >= 15 is 0 Å². The van der Waals surface area contributed by atoms with Crippen LogP contribution in [0.3, 0.4) is 0 Å².